The van der Waals surface area contributed by atoms with Crippen LogP contribution in [0.4, 0.5) is 5.82 Å². The van der Waals surface area contributed by atoms with Gasteiger partial charge in [0.05, 0.1) is 24.3 Å². The highest BCUT2D eigenvalue weighted by molar-refractivity contribution is 6.16. The number of halogens is 1. The van der Waals surface area contributed by atoms with Crippen LogP contribution >= 0.6 is 11.6 Å². The third kappa shape index (κ3) is 4.33. The van der Waals surface area contributed by atoms with E-state index in [2.05, 4.69) is 10.2 Å². The van der Waals surface area contributed by atoms with Crippen molar-refractivity contribution in [1.82, 2.24) is 10.2 Å². The summed E-state index contributed by atoms with van der Waals surface area (Å²) in [5.41, 5.74) is 0.789. The number of nitrogens with zero attached hydrogens (tertiary/aromatic N) is 3. The van der Waals surface area contributed by atoms with Crippen LogP contribution in [-0.2, 0) is 10.6 Å². The van der Waals surface area contributed by atoms with Gasteiger partial charge in [-0.3, -0.25) is 0 Å². The molecule has 16 heavy (non-hydrogen) atoms. The zero-order chi connectivity index (χ0) is 12.0. The second-order valence-corrected chi connectivity index (χ2v) is 4.12. The van der Waals surface area contributed by atoms with E-state index in [4.69, 9.17) is 16.3 Å². The van der Waals surface area contributed by atoms with Gasteiger partial charge < -0.3 is 9.64 Å². The summed E-state index contributed by atoms with van der Waals surface area (Å²) in [7, 11) is 1.97. The molecule has 0 saturated heterocycles. The predicted molar refractivity (Wildman–Crippen MR) is 65.9 cm³/mol. The van der Waals surface area contributed by atoms with Crippen LogP contribution in [0.5, 0.6) is 0 Å². The molecule has 0 aliphatic heterocycles. The maximum atomic E-state index is 5.64. The molecule has 1 heterocycles. The topological polar surface area (TPSA) is 38.2 Å². The summed E-state index contributed by atoms with van der Waals surface area (Å²) in [6, 6.07) is 3.80. The summed E-state index contributed by atoms with van der Waals surface area (Å²) in [5.74, 6) is 1.23. The zero-order valence-electron chi connectivity index (χ0n) is 9.98. The fourth-order valence-corrected chi connectivity index (χ4v) is 1.31. The molecule has 4 nitrogen and oxygen atoms in total. The van der Waals surface area contributed by atoms with Gasteiger partial charge in [0.25, 0.3) is 0 Å². The molecule has 0 unspecified atom stereocenters. The molecule has 1 aromatic heterocycles. The number of rotatable bonds is 6. The summed E-state index contributed by atoms with van der Waals surface area (Å²) in [5, 5.41) is 8.08. The summed E-state index contributed by atoms with van der Waals surface area (Å²) in [6.45, 7) is 5.53. The normalized spacial score (nSPS) is 10.8. The zero-order valence-corrected chi connectivity index (χ0v) is 10.7. The van der Waals surface area contributed by atoms with E-state index < -0.39 is 0 Å². The number of anilines is 1. The number of likely N-dealkylation sites (N-methyl/N-ethyl adjacent to an activating group) is 1. The second kappa shape index (κ2) is 6.66. The molecule has 1 aromatic rings. The van der Waals surface area contributed by atoms with Crippen molar-refractivity contribution in [2.24, 2.45) is 0 Å². The number of ether oxygens (including phenoxy) is 1. The third-order valence-electron chi connectivity index (χ3n) is 2.11. The number of aromatic nitrogens is 2. The van der Waals surface area contributed by atoms with Crippen molar-refractivity contribution in [3.63, 3.8) is 0 Å². The lowest BCUT2D eigenvalue weighted by Gasteiger charge is -2.18. The molecule has 1 rings (SSSR count). The van der Waals surface area contributed by atoms with Gasteiger partial charge in [0.1, 0.15) is 0 Å². The third-order valence-corrected chi connectivity index (χ3v) is 2.39. The predicted octanol–water partition coefficient (Wildman–Crippen LogP) is 2.08. The standard InChI is InChI=1S/C11H18ClN3O/c1-9(2)16-7-6-15(3)11-5-4-10(8-12)13-14-11/h4-5,9H,6-8H2,1-3H3. The Kier molecular flexibility index (Phi) is 5.49. The van der Waals surface area contributed by atoms with Gasteiger partial charge in [0, 0.05) is 13.6 Å². The molecule has 0 atom stereocenters. The maximum Gasteiger partial charge on any atom is 0.151 e. The Bertz CT molecular complexity index is 303. The molecule has 5 heteroatoms. The smallest absolute Gasteiger partial charge is 0.151 e. The van der Waals surface area contributed by atoms with E-state index in [0.717, 1.165) is 18.1 Å². The molecule has 0 spiro atoms. The number of hydrogen-bond acceptors (Lipinski definition) is 4. The lowest BCUT2D eigenvalue weighted by molar-refractivity contribution is 0.0845. The molecular formula is C11H18ClN3O. The van der Waals surface area contributed by atoms with Crippen LogP contribution in [-0.4, -0.2) is 36.5 Å². The summed E-state index contributed by atoms with van der Waals surface area (Å²) in [6.07, 6.45) is 0.262. The fourth-order valence-electron chi connectivity index (χ4n) is 1.17. The Morgan fingerprint density at radius 2 is 2.12 bits per heavy atom. The van der Waals surface area contributed by atoms with Gasteiger partial charge in [-0.05, 0) is 26.0 Å². The summed E-state index contributed by atoms with van der Waals surface area (Å²) >= 11 is 5.64. The van der Waals surface area contributed by atoms with Crippen molar-refractivity contribution in [2.45, 2.75) is 25.8 Å². The van der Waals surface area contributed by atoms with Gasteiger partial charge in [-0.15, -0.1) is 16.7 Å². The average molecular weight is 244 g/mol. The quantitative estimate of drug-likeness (QED) is 0.717. The fraction of sp³-hybridized carbons (Fsp3) is 0.636. The van der Waals surface area contributed by atoms with Crippen LogP contribution in [0.2, 0.25) is 0 Å². The first-order valence-electron chi connectivity index (χ1n) is 5.34. The SMILES string of the molecule is CC(C)OCCN(C)c1ccc(CCl)nn1. The van der Waals surface area contributed by atoms with E-state index in [1.807, 2.05) is 37.9 Å². The van der Waals surface area contributed by atoms with Crippen molar-refractivity contribution in [1.29, 1.82) is 0 Å². The van der Waals surface area contributed by atoms with Crippen molar-refractivity contribution < 1.29 is 4.74 Å². The average Bonchev–Trinajstić information content (AvgIpc) is 2.28. The lowest BCUT2D eigenvalue weighted by atomic mass is 10.4. The molecule has 0 aromatic carbocycles. The van der Waals surface area contributed by atoms with Crippen LogP contribution in [0, 0.1) is 0 Å². The van der Waals surface area contributed by atoms with Gasteiger partial charge in [0.15, 0.2) is 5.82 Å². The Morgan fingerprint density at radius 1 is 1.38 bits per heavy atom. The molecule has 0 N–H and O–H groups in total. The van der Waals surface area contributed by atoms with E-state index in [1.165, 1.54) is 0 Å². The molecule has 0 radical (unpaired) electrons. The highest BCUT2D eigenvalue weighted by atomic mass is 35.5. The molecular weight excluding hydrogens is 226 g/mol. The van der Waals surface area contributed by atoms with Crippen molar-refractivity contribution in [2.75, 3.05) is 25.1 Å². The molecule has 90 valence electrons. The Labute approximate surface area is 102 Å². The van der Waals surface area contributed by atoms with E-state index in [1.54, 1.807) is 0 Å². The van der Waals surface area contributed by atoms with E-state index >= 15 is 0 Å². The second-order valence-electron chi connectivity index (χ2n) is 3.86. The van der Waals surface area contributed by atoms with Crippen LogP contribution in [0.1, 0.15) is 19.5 Å². The molecule has 0 aliphatic carbocycles. The van der Waals surface area contributed by atoms with Crippen molar-refractivity contribution in [3.8, 4) is 0 Å². The van der Waals surface area contributed by atoms with Gasteiger partial charge in [0.2, 0.25) is 0 Å². The van der Waals surface area contributed by atoms with Crippen LogP contribution in [0.25, 0.3) is 0 Å². The minimum absolute atomic E-state index is 0.262. The summed E-state index contributed by atoms with van der Waals surface area (Å²) in [4.78, 5) is 2.01. The van der Waals surface area contributed by atoms with Crippen LogP contribution < -0.4 is 4.90 Å². The molecule has 0 bridgehead atoms. The van der Waals surface area contributed by atoms with Gasteiger partial charge in [-0.25, -0.2) is 0 Å². The highest BCUT2D eigenvalue weighted by Gasteiger charge is 2.03. The van der Waals surface area contributed by atoms with Gasteiger partial charge >= 0.3 is 0 Å². The summed E-state index contributed by atoms with van der Waals surface area (Å²) < 4.78 is 5.47. The number of hydrogen-bond donors (Lipinski definition) is 0. The Balaban J connectivity index is 2.43. The van der Waals surface area contributed by atoms with E-state index in [0.29, 0.717) is 12.5 Å². The van der Waals surface area contributed by atoms with Gasteiger partial charge in [-0.2, -0.15) is 5.10 Å². The first-order chi connectivity index (χ1) is 7.63. The van der Waals surface area contributed by atoms with Crippen molar-refractivity contribution >= 4 is 17.4 Å². The minimum atomic E-state index is 0.262. The maximum absolute atomic E-state index is 5.64. The first-order valence-corrected chi connectivity index (χ1v) is 5.88. The van der Waals surface area contributed by atoms with Crippen LogP contribution in [0.15, 0.2) is 12.1 Å². The van der Waals surface area contributed by atoms with E-state index in [-0.39, 0.29) is 6.10 Å². The monoisotopic (exact) mass is 243 g/mol. The molecule has 0 amide bonds. The number of alkyl halides is 1. The first kappa shape index (κ1) is 13.2. The van der Waals surface area contributed by atoms with E-state index in [9.17, 15) is 0 Å². The Hall–Kier alpha value is -0.870. The molecule has 0 fully saturated rings. The molecule has 0 saturated carbocycles. The highest BCUT2D eigenvalue weighted by Crippen LogP contribution is 2.08. The van der Waals surface area contributed by atoms with Crippen molar-refractivity contribution in [3.05, 3.63) is 17.8 Å². The van der Waals surface area contributed by atoms with Gasteiger partial charge in [-0.1, -0.05) is 0 Å². The Morgan fingerprint density at radius 3 is 2.62 bits per heavy atom. The molecule has 0 aliphatic rings. The van der Waals surface area contributed by atoms with Crippen LogP contribution in [0.3, 0.4) is 0 Å². The largest absolute Gasteiger partial charge is 0.377 e. The lowest BCUT2D eigenvalue weighted by Crippen LogP contribution is -2.25. The minimum Gasteiger partial charge on any atom is -0.377 e.